The number of nitrogens with two attached hydrogens (primary N) is 1. The van der Waals surface area contributed by atoms with Crippen molar-refractivity contribution in [1.29, 1.82) is 0 Å². The lowest BCUT2D eigenvalue weighted by molar-refractivity contribution is -0.119. The molecule has 110 valence electrons. The molecule has 21 heavy (non-hydrogen) atoms. The van der Waals surface area contributed by atoms with Crippen LogP contribution < -0.4 is 10.5 Å². The van der Waals surface area contributed by atoms with Crippen LogP contribution in [0.5, 0.6) is 5.75 Å². The van der Waals surface area contributed by atoms with Crippen molar-refractivity contribution in [3.8, 4) is 17.2 Å². The lowest BCUT2D eigenvalue weighted by Crippen LogP contribution is -2.19. The Labute approximate surface area is 121 Å². The molecule has 1 saturated heterocycles. The van der Waals surface area contributed by atoms with Crippen LogP contribution in [0.3, 0.4) is 0 Å². The van der Waals surface area contributed by atoms with Crippen LogP contribution in [0.15, 0.2) is 28.8 Å². The molecule has 7 nitrogen and oxygen atoms in total. The van der Waals surface area contributed by atoms with Crippen molar-refractivity contribution in [2.75, 3.05) is 19.8 Å². The maximum atomic E-state index is 10.7. The zero-order valence-electron chi connectivity index (χ0n) is 11.3. The van der Waals surface area contributed by atoms with E-state index in [-0.39, 0.29) is 12.5 Å². The van der Waals surface area contributed by atoms with E-state index in [4.69, 9.17) is 19.7 Å². The number of carbonyl (C=O) groups is 1. The van der Waals surface area contributed by atoms with Crippen LogP contribution in [0.25, 0.3) is 11.5 Å². The molecule has 0 bridgehead atoms. The molecule has 1 aromatic heterocycles. The third kappa shape index (κ3) is 3.19. The Morgan fingerprint density at radius 1 is 1.48 bits per heavy atom. The molecule has 0 spiro atoms. The average molecular weight is 289 g/mol. The molecular formula is C14H15N3O4. The van der Waals surface area contributed by atoms with Crippen molar-refractivity contribution in [2.24, 2.45) is 5.73 Å². The first-order valence-electron chi connectivity index (χ1n) is 6.65. The summed E-state index contributed by atoms with van der Waals surface area (Å²) < 4.78 is 15.8. The standard InChI is InChI=1S/C14H15N3O4/c15-12(18)8-20-11-3-1-2-9(6-11)14-16-13(17-21-14)10-4-5-19-7-10/h1-3,6,10H,4-5,7-8H2,(H2,15,18). The Hall–Kier alpha value is -2.41. The summed E-state index contributed by atoms with van der Waals surface area (Å²) in [6.07, 6.45) is 0.904. The van der Waals surface area contributed by atoms with Gasteiger partial charge >= 0.3 is 0 Å². The van der Waals surface area contributed by atoms with Gasteiger partial charge < -0.3 is 19.7 Å². The Balaban J connectivity index is 1.76. The molecule has 1 atom stereocenters. The van der Waals surface area contributed by atoms with Crippen LogP contribution in [0, 0.1) is 0 Å². The normalized spacial score (nSPS) is 17.8. The smallest absolute Gasteiger partial charge is 0.258 e. The zero-order chi connectivity index (χ0) is 14.7. The van der Waals surface area contributed by atoms with E-state index in [9.17, 15) is 4.79 Å². The predicted molar refractivity (Wildman–Crippen MR) is 72.6 cm³/mol. The van der Waals surface area contributed by atoms with E-state index in [1.165, 1.54) is 0 Å². The second kappa shape index (κ2) is 5.92. The number of ether oxygens (including phenoxy) is 2. The van der Waals surface area contributed by atoms with Crippen LogP contribution in [0.1, 0.15) is 18.2 Å². The van der Waals surface area contributed by atoms with Gasteiger partial charge in [-0.25, -0.2) is 0 Å². The van der Waals surface area contributed by atoms with Gasteiger partial charge in [-0.15, -0.1) is 0 Å². The minimum Gasteiger partial charge on any atom is -0.484 e. The minimum atomic E-state index is -0.526. The SMILES string of the molecule is NC(=O)COc1cccc(-c2nc(C3CCOC3)no2)c1. The minimum absolute atomic E-state index is 0.169. The summed E-state index contributed by atoms with van der Waals surface area (Å²) in [4.78, 5) is 15.1. The van der Waals surface area contributed by atoms with Gasteiger partial charge in [0.25, 0.3) is 11.8 Å². The number of rotatable bonds is 5. The summed E-state index contributed by atoms with van der Waals surface area (Å²) in [7, 11) is 0. The van der Waals surface area contributed by atoms with Crippen molar-refractivity contribution in [1.82, 2.24) is 10.1 Å². The van der Waals surface area contributed by atoms with Crippen molar-refractivity contribution in [3.63, 3.8) is 0 Å². The summed E-state index contributed by atoms with van der Waals surface area (Å²) in [5.74, 6) is 1.26. The van der Waals surface area contributed by atoms with Gasteiger partial charge in [0.1, 0.15) is 5.75 Å². The zero-order valence-corrected chi connectivity index (χ0v) is 11.3. The maximum Gasteiger partial charge on any atom is 0.258 e. The number of aromatic nitrogens is 2. The van der Waals surface area contributed by atoms with Gasteiger partial charge in [0.15, 0.2) is 12.4 Å². The first-order valence-corrected chi connectivity index (χ1v) is 6.65. The molecule has 1 fully saturated rings. The van der Waals surface area contributed by atoms with Gasteiger partial charge in [0.2, 0.25) is 0 Å². The number of amides is 1. The Bertz CT molecular complexity index is 635. The predicted octanol–water partition coefficient (Wildman–Crippen LogP) is 1.10. The van der Waals surface area contributed by atoms with E-state index in [1.807, 2.05) is 6.07 Å². The highest BCUT2D eigenvalue weighted by molar-refractivity contribution is 5.75. The van der Waals surface area contributed by atoms with E-state index in [2.05, 4.69) is 10.1 Å². The lowest BCUT2D eigenvalue weighted by Gasteiger charge is -2.04. The van der Waals surface area contributed by atoms with E-state index in [0.717, 1.165) is 18.6 Å². The van der Waals surface area contributed by atoms with Crippen molar-refractivity contribution < 1.29 is 18.8 Å². The van der Waals surface area contributed by atoms with Crippen LogP contribution >= 0.6 is 0 Å². The summed E-state index contributed by atoms with van der Waals surface area (Å²) in [6, 6.07) is 7.08. The fourth-order valence-corrected chi connectivity index (χ4v) is 2.13. The number of nitrogens with zero attached hydrogens (tertiary/aromatic N) is 2. The van der Waals surface area contributed by atoms with Crippen molar-refractivity contribution in [3.05, 3.63) is 30.1 Å². The molecule has 1 aromatic carbocycles. The third-order valence-corrected chi connectivity index (χ3v) is 3.20. The summed E-state index contributed by atoms with van der Waals surface area (Å²) in [6.45, 7) is 1.18. The largest absolute Gasteiger partial charge is 0.484 e. The van der Waals surface area contributed by atoms with E-state index < -0.39 is 5.91 Å². The maximum absolute atomic E-state index is 10.7. The van der Waals surface area contributed by atoms with Gasteiger partial charge in [0.05, 0.1) is 6.61 Å². The van der Waals surface area contributed by atoms with E-state index >= 15 is 0 Å². The topological polar surface area (TPSA) is 100 Å². The molecule has 2 heterocycles. The van der Waals surface area contributed by atoms with Gasteiger partial charge in [-0.05, 0) is 24.6 Å². The molecule has 2 aromatic rings. The van der Waals surface area contributed by atoms with Crippen LogP contribution in [-0.4, -0.2) is 35.9 Å². The van der Waals surface area contributed by atoms with Crippen molar-refractivity contribution >= 4 is 5.91 Å². The fraction of sp³-hybridized carbons (Fsp3) is 0.357. The number of carbonyl (C=O) groups excluding carboxylic acids is 1. The van der Waals surface area contributed by atoms with E-state index in [1.54, 1.807) is 18.2 Å². The summed E-state index contributed by atoms with van der Waals surface area (Å²) in [5, 5.41) is 4.00. The molecule has 0 radical (unpaired) electrons. The van der Waals surface area contributed by atoms with Gasteiger partial charge in [-0.2, -0.15) is 4.98 Å². The Morgan fingerprint density at radius 2 is 2.38 bits per heavy atom. The summed E-state index contributed by atoms with van der Waals surface area (Å²) >= 11 is 0. The second-order valence-corrected chi connectivity index (χ2v) is 4.80. The highest BCUT2D eigenvalue weighted by atomic mass is 16.5. The van der Waals surface area contributed by atoms with Gasteiger partial charge in [-0.1, -0.05) is 11.2 Å². The van der Waals surface area contributed by atoms with Gasteiger partial charge in [-0.3, -0.25) is 4.79 Å². The number of primary amides is 1. The molecule has 1 unspecified atom stereocenters. The van der Waals surface area contributed by atoms with Crippen LogP contribution in [0.2, 0.25) is 0 Å². The van der Waals surface area contributed by atoms with E-state index in [0.29, 0.717) is 24.1 Å². The second-order valence-electron chi connectivity index (χ2n) is 4.80. The Kier molecular flexibility index (Phi) is 3.83. The third-order valence-electron chi connectivity index (χ3n) is 3.20. The monoisotopic (exact) mass is 289 g/mol. The molecule has 3 rings (SSSR count). The molecule has 0 aliphatic carbocycles. The number of hydrogen-bond acceptors (Lipinski definition) is 6. The quantitative estimate of drug-likeness (QED) is 0.884. The average Bonchev–Trinajstić information content (AvgIpc) is 3.16. The first-order chi connectivity index (χ1) is 10.2. The van der Waals surface area contributed by atoms with Crippen LogP contribution in [0.4, 0.5) is 0 Å². The molecule has 1 aliphatic rings. The molecule has 2 N–H and O–H groups in total. The van der Waals surface area contributed by atoms with Crippen molar-refractivity contribution in [2.45, 2.75) is 12.3 Å². The number of benzene rings is 1. The fourth-order valence-electron chi connectivity index (χ4n) is 2.13. The number of hydrogen-bond donors (Lipinski definition) is 1. The molecular weight excluding hydrogens is 274 g/mol. The highest BCUT2D eigenvalue weighted by Crippen LogP contribution is 2.27. The molecule has 1 aliphatic heterocycles. The molecule has 0 saturated carbocycles. The first kappa shape index (κ1) is 13.6. The lowest BCUT2D eigenvalue weighted by atomic mass is 10.1. The molecule has 1 amide bonds. The molecule has 7 heteroatoms. The van der Waals surface area contributed by atoms with Crippen LogP contribution in [-0.2, 0) is 9.53 Å². The highest BCUT2D eigenvalue weighted by Gasteiger charge is 2.23. The van der Waals surface area contributed by atoms with Gasteiger partial charge in [0, 0.05) is 18.1 Å². The Morgan fingerprint density at radius 3 is 3.14 bits per heavy atom. The summed E-state index contributed by atoms with van der Waals surface area (Å²) in [5.41, 5.74) is 5.78.